The van der Waals surface area contributed by atoms with Crippen LogP contribution in [0.5, 0.6) is 0 Å². The van der Waals surface area contributed by atoms with Crippen molar-refractivity contribution in [2.24, 2.45) is 0 Å². The van der Waals surface area contributed by atoms with Crippen LogP contribution in [-0.2, 0) is 0 Å². The number of benzene rings is 1. The molecule has 4 nitrogen and oxygen atoms in total. The second kappa shape index (κ2) is 3.53. The monoisotopic (exact) mass is 206 g/mol. The van der Waals surface area contributed by atoms with Crippen molar-refractivity contribution in [3.63, 3.8) is 0 Å². The van der Waals surface area contributed by atoms with Crippen LogP contribution in [-0.4, -0.2) is 21.3 Å². The van der Waals surface area contributed by atoms with Gasteiger partial charge in [-0.3, -0.25) is 5.10 Å². The highest BCUT2D eigenvalue weighted by molar-refractivity contribution is 5.88. The van der Waals surface area contributed by atoms with Crippen LogP contribution in [0.4, 0.5) is 4.39 Å². The summed E-state index contributed by atoms with van der Waals surface area (Å²) >= 11 is 0. The number of aromatic carboxylic acids is 1. The van der Waals surface area contributed by atoms with Crippen LogP contribution in [0.3, 0.4) is 0 Å². The zero-order chi connectivity index (χ0) is 10.8. The number of nitrogens with zero attached hydrogens (tertiary/aromatic N) is 1. The van der Waals surface area contributed by atoms with E-state index in [0.717, 1.165) is 6.07 Å². The third-order valence-corrected chi connectivity index (χ3v) is 2.03. The normalized spacial score (nSPS) is 10.2. The fourth-order valence-corrected chi connectivity index (χ4v) is 1.28. The summed E-state index contributed by atoms with van der Waals surface area (Å²) in [5.74, 6) is -1.72. The van der Waals surface area contributed by atoms with Gasteiger partial charge >= 0.3 is 5.97 Å². The Morgan fingerprint density at radius 3 is 2.80 bits per heavy atom. The fraction of sp³-hybridized carbons (Fsp3) is 0. The van der Waals surface area contributed by atoms with Crippen LogP contribution >= 0.6 is 0 Å². The summed E-state index contributed by atoms with van der Waals surface area (Å²) in [6.07, 6.45) is 3.01. The molecule has 0 bridgehead atoms. The number of rotatable bonds is 2. The number of carboxylic acids is 1. The summed E-state index contributed by atoms with van der Waals surface area (Å²) in [7, 11) is 0. The van der Waals surface area contributed by atoms with Crippen LogP contribution in [0, 0.1) is 5.82 Å². The molecule has 1 aromatic heterocycles. The maximum atomic E-state index is 13.5. The molecule has 0 amide bonds. The van der Waals surface area contributed by atoms with Crippen LogP contribution in [0.1, 0.15) is 10.4 Å². The molecule has 5 heteroatoms. The number of hydrogen-bond donors (Lipinski definition) is 2. The van der Waals surface area contributed by atoms with Gasteiger partial charge in [-0.1, -0.05) is 6.07 Å². The van der Waals surface area contributed by atoms with Crippen molar-refractivity contribution >= 4 is 5.97 Å². The van der Waals surface area contributed by atoms with Crippen molar-refractivity contribution in [2.75, 3.05) is 0 Å². The highest BCUT2D eigenvalue weighted by Crippen LogP contribution is 2.22. The lowest BCUT2D eigenvalue weighted by atomic mass is 10.1. The lowest BCUT2D eigenvalue weighted by molar-refractivity contribution is 0.0696. The first-order chi connectivity index (χ1) is 7.18. The molecule has 0 saturated heterocycles. The van der Waals surface area contributed by atoms with E-state index in [1.807, 2.05) is 0 Å². The van der Waals surface area contributed by atoms with Crippen molar-refractivity contribution in [1.82, 2.24) is 10.2 Å². The Hall–Kier alpha value is -2.17. The average Bonchev–Trinajstić information content (AvgIpc) is 2.70. The quantitative estimate of drug-likeness (QED) is 0.788. The van der Waals surface area contributed by atoms with Gasteiger partial charge in [-0.2, -0.15) is 5.10 Å². The Morgan fingerprint density at radius 1 is 1.47 bits per heavy atom. The van der Waals surface area contributed by atoms with Crippen LogP contribution in [0.15, 0.2) is 30.6 Å². The van der Waals surface area contributed by atoms with E-state index in [-0.39, 0.29) is 5.56 Å². The molecule has 0 aliphatic heterocycles. The zero-order valence-corrected chi connectivity index (χ0v) is 7.57. The molecule has 0 atom stereocenters. The summed E-state index contributed by atoms with van der Waals surface area (Å²) in [6, 6.07) is 3.77. The molecule has 0 unspecified atom stereocenters. The molecule has 76 valence electrons. The number of hydrogen-bond acceptors (Lipinski definition) is 2. The first-order valence-corrected chi connectivity index (χ1v) is 4.20. The van der Waals surface area contributed by atoms with Gasteiger partial charge < -0.3 is 5.11 Å². The van der Waals surface area contributed by atoms with E-state index in [1.54, 1.807) is 6.20 Å². The van der Waals surface area contributed by atoms with Gasteiger partial charge in [0, 0.05) is 17.3 Å². The third-order valence-electron chi connectivity index (χ3n) is 2.03. The molecular formula is C10H7FN2O2. The first-order valence-electron chi connectivity index (χ1n) is 4.20. The van der Waals surface area contributed by atoms with E-state index >= 15 is 0 Å². The van der Waals surface area contributed by atoms with Crippen molar-refractivity contribution in [1.29, 1.82) is 0 Å². The number of aromatic amines is 1. The van der Waals surface area contributed by atoms with Gasteiger partial charge in [-0.15, -0.1) is 0 Å². The average molecular weight is 206 g/mol. The standard InChI is InChI=1S/C10H7FN2O2/c11-9-3-6(10(14)15)1-2-8(9)7-4-12-13-5-7/h1-5H,(H,12,13)(H,14,15). The van der Waals surface area contributed by atoms with Gasteiger partial charge in [0.15, 0.2) is 0 Å². The van der Waals surface area contributed by atoms with E-state index in [0.29, 0.717) is 11.1 Å². The molecule has 0 fully saturated rings. The molecule has 0 radical (unpaired) electrons. The molecule has 2 rings (SSSR count). The van der Waals surface area contributed by atoms with Gasteiger partial charge in [0.2, 0.25) is 0 Å². The molecule has 0 spiro atoms. The molecular weight excluding hydrogens is 199 g/mol. The van der Waals surface area contributed by atoms with Crippen molar-refractivity contribution in [3.05, 3.63) is 42.0 Å². The fourth-order valence-electron chi connectivity index (χ4n) is 1.28. The van der Waals surface area contributed by atoms with E-state index in [1.165, 1.54) is 18.3 Å². The second-order valence-electron chi connectivity index (χ2n) is 2.99. The zero-order valence-electron chi connectivity index (χ0n) is 7.57. The van der Waals surface area contributed by atoms with Gasteiger partial charge in [-0.05, 0) is 12.1 Å². The lowest BCUT2D eigenvalue weighted by Gasteiger charge is -2.00. The van der Waals surface area contributed by atoms with Gasteiger partial charge in [0.1, 0.15) is 5.82 Å². The highest BCUT2D eigenvalue weighted by Gasteiger charge is 2.10. The number of aromatic nitrogens is 2. The van der Waals surface area contributed by atoms with Crippen molar-refractivity contribution in [3.8, 4) is 11.1 Å². The lowest BCUT2D eigenvalue weighted by Crippen LogP contribution is -1.97. The molecule has 0 saturated carbocycles. The topological polar surface area (TPSA) is 66.0 Å². The Kier molecular flexibility index (Phi) is 2.21. The number of carbonyl (C=O) groups is 1. The largest absolute Gasteiger partial charge is 0.478 e. The van der Waals surface area contributed by atoms with Crippen molar-refractivity contribution in [2.45, 2.75) is 0 Å². The Morgan fingerprint density at radius 2 is 2.27 bits per heavy atom. The van der Waals surface area contributed by atoms with E-state index in [4.69, 9.17) is 5.11 Å². The molecule has 0 aliphatic rings. The number of H-pyrrole nitrogens is 1. The summed E-state index contributed by atoms with van der Waals surface area (Å²) < 4.78 is 13.5. The smallest absolute Gasteiger partial charge is 0.335 e. The SMILES string of the molecule is O=C(O)c1ccc(-c2cn[nH]c2)c(F)c1. The maximum Gasteiger partial charge on any atom is 0.335 e. The Balaban J connectivity index is 2.48. The van der Waals surface area contributed by atoms with Crippen LogP contribution < -0.4 is 0 Å². The van der Waals surface area contributed by atoms with E-state index < -0.39 is 11.8 Å². The maximum absolute atomic E-state index is 13.5. The van der Waals surface area contributed by atoms with Gasteiger partial charge in [-0.25, -0.2) is 9.18 Å². The summed E-state index contributed by atoms with van der Waals surface area (Å²) in [5.41, 5.74) is 0.845. The van der Waals surface area contributed by atoms with Crippen LogP contribution in [0.2, 0.25) is 0 Å². The van der Waals surface area contributed by atoms with E-state index in [9.17, 15) is 9.18 Å². The highest BCUT2D eigenvalue weighted by atomic mass is 19.1. The summed E-state index contributed by atoms with van der Waals surface area (Å²) in [4.78, 5) is 10.6. The predicted octanol–water partition coefficient (Wildman–Crippen LogP) is 1.91. The summed E-state index contributed by atoms with van der Waals surface area (Å²) in [5, 5.41) is 14.9. The van der Waals surface area contributed by atoms with Gasteiger partial charge in [0.25, 0.3) is 0 Å². The number of carboxylic acid groups (broad SMARTS) is 1. The molecule has 1 heterocycles. The minimum absolute atomic E-state index is 0.0697. The predicted molar refractivity (Wildman–Crippen MR) is 50.9 cm³/mol. The number of nitrogens with one attached hydrogen (secondary N) is 1. The molecule has 2 aromatic rings. The third kappa shape index (κ3) is 1.71. The Labute approximate surface area is 84.4 Å². The summed E-state index contributed by atoms with van der Waals surface area (Å²) in [6.45, 7) is 0. The molecule has 1 aromatic carbocycles. The minimum atomic E-state index is -1.15. The minimum Gasteiger partial charge on any atom is -0.478 e. The Bertz CT molecular complexity index is 494. The van der Waals surface area contributed by atoms with Crippen LogP contribution in [0.25, 0.3) is 11.1 Å². The van der Waals surface area contributed by atoms with E-state index in [2.05, 4.69) is 10.2 Å². The first kappa shape index (κ1) is 9.39. The van der Waals surface area contributed by atoms with Gasteiger partial charge in [0.05, 0.1) is 11.8 Å². The molecule has 0 aliphatic carbocycles. The molecule has 15 heavy (non-hydrogen) atoms. The van der Waals surface area contributed by atoms with Crippen molar-refractivity contribution < 1.29 is 14.3 Å². The number of halogens is 1. The second-order valence-corrected chi connectivity index (χ2v) is 2.99. The molecule has 2 N–H and O–H groups in total.